The minimum Gasteiger partial charge on any atom is -0.505 e. The van der Waals surface area contributed by atoms with Crippen molar-refractivity contribution in [2.45, 2.75) is 32.7 Å². The number of carbonyl (C=O) groups is 1. The first kappa shape index (κ1) is 21.1. The summed E-state index contributed by atoms with van der Waals surface area (Å²) < 4.78 is 1.39. The summed E-state index contributed by atoms with van der Waals surface area (Å²) in [4.78, 5) is 18.4. The highest BCUT2D eigenvalue weighted by atomic mass is 35.5. The van der Waals surface area contributed by atoms with Crippen LogP contribution in [0.15, 0.2) is 42.7 Å². The molecule has 0 unspecified atom stereocenters. The Morgan fingerprint density at radius 3 is 2.28 bits per heavy atom. The van der Waals surface area contributed by atoms with Crippen LogP contribution in [-0.4, -0.2) is 37.7 Å². The number of aromatic hydroxyl groups is 1. The molecule has 0 aliphatic heterocycles. The maximum absolute atomic E-state index is 12.7. The molecule has 2 aromatic carbocycles. The van der Waals surface area contributed by atoms with Crippen LogP contribution in [0, 0.1) is 0 Å². The van der Waals surface area contributed by atoms with Crippen LogP contribution >= 0.6 is 23.2 Å². The second kappa shape index (κ2) is 8.05. The number of benzene rings is 2. The van der Waals surface area contributed by atoms with Gasteiger partial charge >= 0.3 is 0 Å². The lowest BCUT2D eigenvalue weighted by molar-refractivity contribution is 0.0773. The van der Waals surface area contributed by atoms with E-state index in [2.05, 4.69) is 43.0 Å². The summed E-state index contributed by atoms with van der Waals surface area (Å²) in [5, 5.41) is 14.1. The van der Waals surface area contributed by atoms with E-state index >= 15 is 0 Å². The Morgan fingerprint density at radius 1 is 1.14 bits per heavy atom. The molecule has 1 amide bonds. The molecule has 0 fully saturated rings. The molecule has 1 N–H and O–H groups in total. The molecule has 3 rings (SSSR count). The number of hydrogen-bond acceptors (Lipinski definition) is 4. The second-order valence-electron chi connectivity index (χ2n) is 7.88. The van der Waals surface area contributed by atoms with Gasteiger partial charge in [-0.25, -0.2) is 9.67 Å². The van der Waals surface area contributed by atoms with Gasteiger partial charge in [0.2, 0.25) is 5.82 Å². The third-order valence-corrected chi connectivity index (χ3v) is 5.11. The molecule has 0 bridgehead atoms. The molecule has 8 heteroatoms. The molecule has 0 atom stereocenters. The first-order valence-electron chi connectivity index (χ1n) is 9.01. The van der Waals surface area contributed by atoms with E-state index < -0.39 is 0 Å². The average Bonchev–Trinajstić information content (AvgIpc) is 3.15. The van der Waals surface area contributed by atoms with E-state index in [-0.39, 0.29) is 32.9 Å². The van der Waals surface area contributed by atoms with Gasteiger partial charge < -0.3 is 10.0 Å². The van der Waals surface area contributed by atoms with Gasteiger partial charge in [-0.2, -0.15) is 0 Å². The van der Waals surface area contributed by atoms with Gasteiger partial charge in [0.25, 0.3) is 5.91 Å². The number of hydrogen-bond donors (Lipinski definition) is 1. The zero-order chi connectivity index (χ0) is 21.3. The van der Waals surface area contributed by atoms with Gasteiger partial charge in [0.05, 0.1) is 15.7 Å². The summed E-state index contributed by atoms with van der Waals surface area (Å²) >= 11 is 11.9. The summed E-state index contributed by atoms with van der Waals surface area (Å²) in [6.07, 6.45) is 1.40. The fourth-order valence-electron chi connectivity index (χ4n) is 2.80. The Balaban J connectivity index is 1.74. The molecule has 152 valence electrons. The Morgan fingerprint density at radius 2 is 1.72 bits per heavy atom. The predicted molar refractivity (Wildman–Crippen MR) is 114 cm³/mol. The highest BCUT2D eigenvalue weighted by molar-refractivity contribution is 6.37. The van der Waals surface area contributed by atoms with Crippen LogP contribution < -0.4 is 0 Å². The largest absolute Gasteiger partial charge is 0.505 e. The molecule has 1 heterocycles. The molecule has 0 aliphatic carbocycles. The van der Waals surface area contributed by atoms with Crippen LogP contribution in [-0.2, 0) is 12.0 Å². The molecular weight excluding hydrogens is 411 g/mol. The van der Waals surface area contributed by atoms with Crippen LogP contribution in [0.5, 0.6) is 5.75 Å². The van der Waals surface area contributed by atoms with Gasteiger partial charge in [0, 0.05) is 13.6 Å². The summed E-state index contributed by atoms with van der Waals surface area (Å²) in [5.74, 6) is -0.454. The van der Waals surface area contributed by atoms with E-state index in [1.807, 2.05) is 12.1 Å². The quantitative estimate of drug-likeness (QED) is 0.639. The molecule has 0 saturated heterocycles. The number of carbonyl (C=O) groups excluding carboxylic acids is 1. The number of phenols is 1. The highest BCUT2D eigenvalue weighted by Gasteiger charge is 2.19. The van der Waals surface area contributed by atoms with Gasteiger partial charge in [-0.15, -0.1) is 5.10 Å². The third kappa shape index (κ3) is 4.71. The maximum Gasteiger partial charge on any atom is 0.293 e. The van der Waals surface area contributed by atoms with Crippen molar-refractivity contribution in [2.75, 3.05) is 7.05 Å². The van der Waals surface area contributed by atoms with E-state index in [1.165, 1.54) is 28.7 Å². The molecule has 1 aromatic heterocycles. The normalized spacial score (nSPS) is 11.5. The van der Waals surface area contributed by atoms with Gasteiger partial charge in [0.15, 0.2) is 5.75 Å². The van der Waals surface area contributed by atoms with Gasteiger partial charge in [-0.1, -0.05) is 68.2 Å². The first-order chi connectivity index (χ1) is 13.6. The zero-order valence-corrected chi connectivity index (χ0v) is 18.2. The standard InChI is InChI=1S/C21H22Cl2N4O2/c1-21(2,3)14-7-5-13(6-8-14)11-26(4)20(29)19-24-12-27(25-19)15-9-16(22)18(28)17(23)10-15/h5-10,12,28H,11H2,1-4H3. The van der Waals surface area contributed by atoms with Crippen molar-refractivity contribution in [2.24, 2.45) is 0 Å². The van der Waals surface area contributed by atoms with Crippen LogP contribution in [0.1, 0.15) is 42.5 Å². The van der Waals surface area contributed by atoms with E-state index in [9.17, 15) is 9.90 Å². The number of aromatic nitrogens is 3. The SMILES string of the molecule is CN(Cc1ccc(C(C)(C)C)cc1)C(=O)c1ncn(-c2cc(Cl)c(O)c(Cl)c2)n1. The minimum absolute atomic E-state index is 0.0548. The van der Waals surface area contributed by atoms with Crippen LogP contribution in [0.2, 0.25) is 10.0 Å². The van der Waals surface area contributed by atoms with Crippen molar-refractivity contribution >= 4 is 29.1 Å². The lowest BCUT2D eigenvalue weighted by atomic mass is 9.87. The maximum atomic E-state index is 12.7. The first-order valence-corrected chi connectivity index (χ1v) is 9.77. The predicted octanol–water partition coefficient (Wildman–Crippen LogP) is 4.85. The third-order valence-electron chi connectivity index (χ3n) is 4.54. The van der Waals surface area contributed by atoms with Gasteiger partial charge in [0.1, 0.15) is 6.33 Å². The zero-order valence-electron chi connectivity index (χ0n) is 16.6. The molecule has 0 saturated carbocycles. The average molecular weight is 433 g/mol. The van der Waals surface area contributed by atoms with Crippen LogP contribution in [0.4, 0.5) is 0 Å². The smallest absolute Gasteiger partial charge is 0.293 e. The van der Waals surface area contributed by atoms with Crippen LogP contribution in [0.25, 0.3) is 5.69 Å². The molecule has 29 heavy (non-hydrogen) atoms. The van der Waals surface area contributed by atoms with Crippen molar-refractivity contribution in [3.8, 4) is 11.4 Å². The van der Waals surface area contributed by atoms with E-state index in [4.69, 9.17) is 23.2 Å². The van der Waals surface area contributed by atoms with Gasteiger partial charge in [-0.05, 0) is 28.7 Å². The van der Waals surface area contributed by atoms with Crippen molar-refractivity contribution in [1.82, 2.24) is 19.7 Å². The Bertz CT molecular complexity index is 1020. The Labute approximate surface area is 179 Å². The lowest BCUT2D eigenvalue weighted by Gasteiger charge is -2.20. The number of phenolic OH excluding ortho intramolecular Hbond substituents is 1. The molecular formula is C21H22Cl2N4O2. The number of amides is 1. The van der Waals surface area contributed by atoms with Crippen molar-refractivity contribution in [3.05, 3.63) is 69.7 Å². The topological polar surface area (TPSA) is 71.2 Å². The Kier molecular flexibility index (Phi) is 5.87. The van der Waals surface area contributed by atoms with E-state index in [0.29, 0.717) is 12.2 Å². The number of rotatable bonds is 4. The fraction of sp³-hybridized carbons (Fsp3) is 0.286. The lowest BCUT2D eigenvalue weighted by Crippen LogP contribution is -2.27. The Hall–Kier alpha value is -2.57. The number of nitrogens with zero attached hydrogens (tertiary/aromatic N) is 4. The number of halogens is 2. The summed E-state index contributed by atoms with van der Waals surface area (Å²) in [6.45, 7) is 6.92. The molecule has 0 aliphatic rings. The van der Waals surface area contributed by atoms with Crippen molar-refractivity contribution in [3.63, 3.8) is 0 Å². The fourth-order valence-corrected chi connectivity index (χ4v) is 3.27. The summed E-state index contributed by atoms with van der Waals surface area (Å²) in [7, 11) is 1.70. The molecule has 3 aromatic rings. The van der Waals surface area contributed by atoms with E-state index in [1.54, 1.807) is 11.9 Å². The van der Waals surface area contributed by atoms with Gasteiger partial charge in [-0.3, -0.25) is 4.79 Å². The molecule has 0 radical (unpaired) electrons. The minimum atomic E-state index is -0.306. The highest BCUT2D eigenvalue weighted by Crippen LogP contribution is 2.33. The van der Waals surface area contributed by atoms with Crippen molar-refractivity contribution < 1.29 is 9.90 Å². The monoisotopic (exact) mass is 432 g/mol. The summed E-state index contributed by atoms with van der Waals surface area (Å²) in [5.41, 5.74) is 2.83. The molecule has 6 nitrogen and oxygen atoms in total. The second-order valence-corrected chi connectivity index (χ2v) is 8.69. The summed E-state index contributed by atoms with van der Waals surface area (Å²) in [6, 6.07) is 11.2. The molecule has 0 spiro atoms. The van der Waals surface area contributed by atoms with E-state index in [0.717, 1.165) is 5.56 Å². The van der Waals surface area contributed by atoms with Crippen molar-refractivity contribution in [1.29, 1.82) is 0 Å². The van der Waals surface area contributed by atoms with Crippen LogP contribution in [0.3, 0.4) is 0 Å².